The molecule has 116 valence electrons. The van der Waals surface area contributed by atoms with Gasteiger partial charge in [0.2, 0.25) is 0 Å². The predicted molar refractivity (Wildman–Crippen MR) is 91.2 cm³/mol. The molecule has 0 bridgehead atoms. The van der Waals surface area contributed by atoms with E-state index in [0.29, 0.717) is 17.6 Å². The third-order valence-electron chi connectivity index (χ3n) is 4.62. The van der Waals surface area contributed by atoms with Crippen molar-refractivity contribution >= 4 is 21.7 Å². The molecule has 21 heavy (non-hydrogen) atoms. The van der Waals surface area contributed by atoms with Gasteiger partial charge in [0, 0.05) is 29.9 Å². The lowest BCUT2D eigenvalue weighted by atomic mass is 9.75. The molecule has 1 aliphatic carbocycles. The van der Waals surface area contributed by atoms with Gasteiger partial charge in [0.25, 0.3) is 0 Å². The zero-order valence-electron chi connectivity index (χ0n) is 13.3. The Morgan fingerprint density at radius 1 is 1.38 bits per heavy atom. The summed E-state index contributed by atoms with van der Waals surface area (Å²) >= 11 is 3.51. The van der Waals surface area contributed by atoms with E-state index in [1.807, 2.05) is 6.07 Å². The van der Waals surface area contributed by atoms with Crippen LogP contribution in [0.15, 0.2) is 28.7 Å². The van der Waals surface area contributed by atoms with Crippen molar-refractivity contribution in [3.05, 3.63) is 34.3 Å². The van der Waals surface area contributed by atoms with Crippen LogP contribution in [0.3, 0.4) is 0 Å². The van der Waals surface area contributed by atoms with Crippen LogP contribution in [0.4, 0.5) is 0 Å². The SMILES string of the molecule is CC(C)C1CCC(=O)C(CN(C)Cc2cccc(Br)c2)C1. The molecule has 0 N–H and O–H groups in total. The molecule has 1 saturated carbocycles. The van der Waals surface area contributed by atoms with E-state index in [2.05, 4.69) is 59.9 Å². The first-order valence-corrected chi connectivity index (χ1v) is 8.70. The van der Waals surface area contributed by atoms with Gasteiger partial charge in [-0.05, 0) is 49.4 Å². The van der Waals surface area contributed by atoms with E-state index in [-0.39, 0.29) is 5.92 Å². The van der Waals surface area contributed by atoms with Crippen molar-refractivity contribution < 1.29 is 4.79 Å². The topological polar surface area (TPSA) is 20.3 Å². The smallest absolute Gasteiger partial charge is 0.137 e. The number of halogens is 1. The highest BCUT2D eigenvalue weighted by atomic mass is 79.9. The van der Waals surface area contributed by atoms with E-state index in [1.54, 1.807) is 0 Å². The van der Waals surface area contributed by atoms with Crippen molar-refractivity contribution in [2.24, 2.45) is 17.8 Å². The van der Waals surface area contributed by atoms with Gasteiger partial charge in [0.1, 0.15) is 5.78 Å². The molecule has 1 fully saturated rings. The molecular weight excluding hydrogens is 326 g/mol. The molecule has 0 spiro atoms. The number of nitrogens with zero attached hydrogens (tertiary/aromatic N) is 1. The summed E-state index contributed by atoms with van der Waals surface area (Å²) in [6, 6.07) is 8.40. The third kappa shape index (κ3) is 4.93. The standard InChI is InChI=1S/C18H26BrNO/c1-13(2)15-7-8-18(21)16(10-15)12-20(3)11-14-5-4-6-17(19)9-14/h4-6,9,13,15-16H,7-8,10-12H2,1-3H3. The predicted octanol–water partition coefficient (Wildman–Crippen LogP) is 4.52. The molecule has 3 heteroatoms. The lowest BCUT2D eigenvalue weighted by Gasteiger charge is -2.33. The molecule has 0 aromatic heterocycles. The van der Waals surface area contributed by atoms with Gasteiger partial charge in [-0.2, -0.15) is 0 Å². The van der Waals surface area contributed by atoms with Crippen LogP contribution in [0.1, 0.15) is 38.7 Å². The van der Waals surface area contributed by atoms with Gasteiger partial charge in [0.15, 0.2) is 0 Å². The summed E-state index contributed by atoms with van der Waals surface area (Å²) in [7, 11) is 2.12. The van der Waals surface area contributed by atoms with E-state index in [4.69, 9.17) is 0 Å². The summed E-state index contributed by atoms with van der Waals surface area (Å²) in [5.41, 5.74) is 1.29. The van der Waals surface area contributed by atoms with Crippen LogP contribution >= 0.6 is 15.9 Å². The molecule has 1 aromatic carbocycles. The molecule has 2 unspecified atom stereocenters. The molecule has 0 amide bonds. The Morgan fingerprint density at radius 2 is 2.14 bits per heavy atom. The minimum atomic E-state index is 0.225. The normalized spacial score (nSPS) is 23.0. The number of ketones is 1. The van der Waals surface area contributed by atoms with Crippen LogP contribution in [0.2, 0.25) is 0 Å². The molecule has 2 rings (SSSR count). The average Bonchev–Trinajstić information content (AvgIpc) is 2.41. The van der Waals surface area contributed by atoms with Crippen LogP contribution in [0.5, 0.6) is 0 Å². The van der Waals surface area contributed by atoms with E-state index >= 15 is 0 Å². The number of Topliss-reactive ketones (excluding diaryl/α,β-unsaturated/α-hetero) is 1. The first-order chi connectivity index (χ1) is 9.95. The number of benzene rings is 1. The van der Waals surface area contributed by atoms with Crippen molar-refractivity contribution in [1.82, 2.24) is 4.90 Å². The molecule has 1 aromatic rings. The number of carbonyl (C=O) groups is 1. The van der Waals surface area contributed by atoms with Crippen molar-refractivity contribution in [3.8, 4) is 0 Å². The van der Waals surface area contributed by atoms with Crippen LogP contribution in [0, 0.1) is 17.8 Å². The molecule has 2 atom stereocenters. The Hall–Kier alpha value is -0.670. The molecule has 0 saturated heterocycles. The minimum Gasteiger partial charge on any atom is -0.301 e. The average molecular weight is 352 g/mol. The summed E-state index contributed by atoms with van der Waals surface area (Å²) in [6.45, 7) is 6.34. The van der Waals surface area contributed by atoms with Gasteiger partial charge >= 0.3 is 0 Å². The number of hydrogen-bond donors (Lipinski definition) is 0. The highest BCUT2D eigenvalue weighted by Crippen LogP contribution is 2.32. The Bertz CT molecular complexity index is 486. The maximum atomic E-state index is 12.2. The largest absolute Gasteiger partial charge is 0.301 e. The van der Waals surface area contributed by atoms with E-state index in [9.17, 15) is 4.79 Å². The summed E-state index contributed by atoms with van der Waals surface area (Å²) in [5, 5.41) is 0. The number of rotatable bonds is 5. The highest BCUT2D eigenvalue weighted by Gasteiger charge is 2.30. The first kappa shape index (κ1) is 16.7. The Balaban J connectivity index is 1.91. The third-order valence-corrected chi connectivity index (χ3v) is 5.11. The second-order valence-electron chi connectivity index (χ2n) is 6.77. The second-order valence-corrected chi connectivity index (χ2v) is 7.68. The fourth-order valence-electron chi connectivity index (χ4n) is 3.32. The Kier molecular flexibility index (Phi) is 6.00. The van der Waals surface area contributed by atoms with Gasteiger partial charge < -0.3 is 4.90 Å². The van der Waals surface area contributed by atoms with Crippen molar-refractivity contribution in [2.75, 3.05) is 13.6 Å². The lowest BCUT2D eigenvalue weighted by Crippen LogP contribution is -2.35. The van der Waals surface area contributed by atoms with E-state index in [0.717, 1.165) is 36.8 Å². The molecule has 0 heterocycles. The molecule has 0 aliphatic heterocycles. The van der Waals surface area contributed by atoms with E-state index < -0.39 is 0 Å². The molecule has 1 aliphatic rings. The van der Waals surface area contributed by atoms with Crippen LogP contribution in [0.25, 0.3) is 0 Å². The van der Waals surface area contributed by atoms with Gasteiger partial charge in [-0.25, -0.2) is 0 Å². The molecule has 2 nitrogen and oxygen atoms in total. The maximum absolute atomic E-state index is 12.2. The summed E-state index contributed by atoms with van der Waals surface area (Å²) in [6.07, 6.45) is 2.93. The van der Waals surface area contributed by atoms with Gasteiger partial charge in [-0.1, -0.05) is 41.9 Å². The van der Waals surface area contributed by atoms with Crippen molar-refractivity contribution in [1.29, 1.82) is 0 Å². The summed E-state index contributed by atoms with van der Waals surface area (Å²) in [4.78, 5) is 14.5. The van der Waals surface area contributed by atoms with Crippen LogP contribution < -0.4 is 0 Å². The second kappa shape index (κ2) is 7.55. The molecular formula is C18H26BrNO. The Labute approximate surface area is 137 Å². The first-order valence-electron chi connectivity index (χ1n) is 7.91. The zero-order chi connectivity index (χ0) is 15.4. The van der Waals surface area contributed by atoms with Gasteiger partial charge in [-0.3, -0.25) is 4.79 Å². The Morgan fingerprint density at radius 3 is 2.81 bits per heavy atom. The quantitative estimate of drug-likeness (QED) is 0.776. The fraction of sp³-hybridized carbons (Fsp3) is 0.611. The maximum Gasteiger partial charge on any atom is 0.137 e. The van der Waals surface area contributed by atoms with Crippen molar-refractivity contribution in [3.63, 3.8) is 0 Å². The van der Waals surface area contributed by atoms with Crippen LogP contribution in [-0.2, 0) is 11.3 Å². The monoisotopic (exact) mass is 351 g/mol. The van der Waals surface area contributed by atoms with E-state index in [1.165, 1.54) is 5.56 Å². The molecule has 0 radical (unpaired) electrons. The van der Waals surface area contributed by atoms with Gasteiger partial charge in [-0.15, -0.1) is 0 Å². The highest BCUT2D eigenvalue weighted by molar-refractivity contribution is 9.10. The lowest BCUT2D eigenvalue weighted by molar-refractivity contribution is -0.126. The summed E-state index contributed by atoms with van der Waals surface area (Å²) < 4.78 is 1.11. The van der Waals surface area contributed by atoms with Crippen LogP contribution in [-0.4, -0.2) is 24.3 Å². The number of carbonyl (C=O) groups excluding carboxylic acids is 1. The zero-order valence-corrected chi connectivity index (χ0v) is 14.9. The summed E-state index contributed by atoms with van der Waals surface area (Å²) in [5.74, 6) is 2.10. The minimum absolute atomic E-state index is 0.225. The van der Waals surface area contributed by atoms with Gasteiger partial charge in [0.05, 0.1) is 0 Å². The number of hydrogen-bond acceptors (Lipinski definition) is 2. The van der Waals surface area contributed by atoms with Crippen molar-refractivity contribution in [2.45, 2.75) is 39.7 Å². The fourth-order valence-corrected chi connectivity index (χ4v) is 3.76.